The molecular weight excluding hydrogens is 155 g/mol. The molecule has 2 nitrogen and oxygen atoms in total. The van der Waals surface area contributed by atoms with E-state index in [1.165, 1.54) is 0 Å². The van der Waals surface area contributed by atoms with Crippen molar-refractivity contribution in [1.82, 2.24) is 9.78 Å². The van der Waals surface area contributed by atoms with Crippen molar-refractivity contribution < 1.29 is 4.39 Å². The molecule has 0 saturated heterocycles. The molecule has 0 atom stereocenters. The zero-order chi connectivity index (χ0) is 8.39. The van der Waals surface area contributed by atoms with Gasteiger partial charge in [0.2, 0.25) is 0 Å². The van der Waals surface area contributed by atoms with Crippen LogP contribution in [-0.4, -0.2) is 16.0 Å². The van der Waals surface area contributed by atoms with Gasteiger partial charge in [0, 0.05) is 12.4 Å². The minimum absolute atomic E-state index is 0.437. The highest BCUT2D eigenvalue weighted by Crippen LogP contribution is 2.28. The van der Waals surface area contributed by atoms with E-state index in [-0.39, 0.29) is 0 Å². The van der Waals surface area contributed by atoms with Crippen molar-refractivity contribution in [3.63, 3.8) is 0 Å². The minimum atomic E-state index is -0.572. The van der Waals surface area contributed by atoms with E-state index in [1.54, 1.807) is 6.20 Å². The standard InChI is InChI=1S/C9H13FN2/c10-8-2-4-9(5-3-8)12-7-1-6-11-12/h1,6-9H,2-5H2. The van der Waals surface area contributed by atoms with Crippen molar-refractivity contribution in [2.45, 2.75) is 37.9 Å². The molecule has 0 aliphatic heterocycles. The molecular formula is C9H13FN2. The summed E-state index contributed by atoms with van der Waals surface area (Å²) in [5, 5.41) is 4.16. The Balaban J connectivity index is 1.99. The van der Waals surface area contributed by atoms with Crippen LogP contribution in [-0.2, 0) is 0 Å². The maximum absolute atomic E-state index is 12.8. The molecule has 0 spiro atoms. The van der Waals surface area contributed by atoms with Crippen LogP contribution in [0.1, 0.15) is 31.7 Å². The van der Waals surface area contributed by atoms with Crippen LogP contribution in [0.25, 0.3) is 0 Å². The molecule has 0 aromatic carbocycles. The van der Waals surface area contributed by atoms with Gasteiger partial charge in [-0.3, -0.25) is 4.68 Å². The van der Waals surface area contributed by atoms with E-state index in [2.05, 4.69) is 5.10 Å². The third kappa shape index (κ3) is 1.49. The van der Waals surface area contributed by atoms with Crippen molar-refractivity contribution >= 4 is 0 Å². The Labute approximate surface area is 71.4 Å². The Hall–Kier alpha value is -0.860. The van der Waals surface area contributed by atoms with Crippen LogP contribution in [0.5, 0.6) is 0 Å². The van der Waals surface area contributed by atoms with E-state index in [0.717, 1.165) is 12.8 Å². The first-order valence-corrected chi connectivity index (χ1v) is 4.49. The maximum Gasteiger partial charge on any atom is 0.100 e. The van der Waals surface area contributed by atoms with E-state index in [0.29, 0.717) is 18.9 Å². The summed E-state index contributed by atoms with van der Waals surface area (Å²) in [6.45, 7) is 0. The lowest BCUT2D eigenvalue weighted by atomic mass is 9.94. The molecule has 0 N–H and O–H groups in total. The second-order valence-corrected chi connectivity index (χ2v) is 3.39. The summed E-state index contributed by atoms with van der Waals surface area (Å²) in [6, 6.07) is 2.36. The lowest BCUT2D eigenvalue weighted by Crippen LogP contribution is -2.18. The second kappa shape index (κ2) is 3.25. The average molecular weight is 168 g/mol. The van der Waals surface area contributed by atoms with Crippen molar-refractivity contribution in [3.05, 3.63) is 18.5 Å². The quantitative estimate of drug-likeness (QED) is 0.629. The Bertz CT molecular complexity index is 225. The molecule has 1 aromatic heterocycles. The van der Waals surface area contributed by atoms with Crippen LogP contribution in [0.4, 0.5) is 4.39 Å². The third-order valence-corrected chi connectivity index (χ3v) is 2.53. The molecule has 66 valence electrons. The van der Waals surface area contributed by atoms with Gasteiger partial charge in [0.05, 0.1) is 6.04 Å². The van der Waals surface area contributed by atoms with Gasteiger partial charge in [0.1, 0.15) is 6.17 Å². The zero-order valence-electron chi connectivity index (χ0n) is 6.99. The summed E-state index contributed by atoms with van der Waals surface area (Å²) in [6.07, 6.45) is 6.43. The Morgan fingerprint density at radius 3 is 2.58 bits per heavy atom. The summed E-state index contributed by atoms with van der Waals surface area (Å²) < 4.78 is 14.7. The molecule has 1 aliphatic carbocycles. The van der Waals surface area contributed by atoms with Crippen LogP contribution in [0.2, 0.25) is 0 Å². The highest BCUT2D eigenvalue weighted by atomic mass is 19.1. The molecule has 0 bridgehead atoms. The van der Waals surface area contributed by atoms with Crippen LogP contribution in [0.15, 0.2) is 18.5 Å². The van der Waals surface area contributed by atoms with Crippen molar-refractivity contribution in [1.29, 1.82) is 0 Å². The molecule has 0 unspecified atom stereocenters. The van der Waals surface area contributed by atoms with Gasteiger partial charge in [-0.25, -0.2) is 4.39 Å². The first kappa shape index (κ1) is 7.77. The number of rotatable bonds is 1. The zero-order valence-corrected chi connectivity index (χ0v) is 6.99. The summed E-state index contributed by atoms with van der Waals surface area (Å²) in [4.78, 5) is 0. The van der Waals surface area contributed by atoms with Gasteiger partial charge in [-0.2, -0.15) is 5.10 Å². The molecule has 0 amide bonds. The van der Waals surface area contributed by atoms with Gasteiger partial charge in [-0.05, 0) is 31.7 Å². The van der Waals surface area contributed by atoms with E-state index >= 15 is 0 Å². The summed E-state index contributed by atoms with van der Waals surface area (Å²) in [5.74, 6) is 0. The minimum Gasteiger partial charge on any atom is -0.270 e. The monoisotopic (exact) mass is 168 g/mol. The molecule has 0 radical (unpaired) electrons. The van der Waals surface area contributed by atoms with Gasteiger partial charge >= 0.3 is 0 Å². The molecule has 1 saturated carbocycles. The smallest absolute Gasteiger partial charge is 0.100 e. The number of alkyl halides is 1. The van der Waals surface area contributed by atoms with Gasteiger partial charge in [-0.15, -0.1) is 0 Å². The van der Waals surface area contributed by atoms with E-state index in [1.807, 2.05) is 16.9 Å². The van der Waals surface area contributed by atoms with Crippen LogP contribution in [0.3, 0.4) is 0 Å². The van der Waals surface area contributed by atoms with Crippen molar-refractivity contribution in [2.24, 2.45) is 0 Å². The predicted octanol–water partition coefficient (Wildman–Crippen LogP) is 2.34. The lowest BCUT2D eigenvalue weighted by molar-refractivity contribution is 0.202. The van der Waals surface area contributed by atoms with E-state index < -0.39 is 6.17 Å². The maximum atomic E-state index is 12.8. The number of halogens is 1. The molecule has 2 rings (SSSR count). The first-order chi connectivity index (χ1) is 5.86. The van der Waals surface area contributed by atoms with Crippen LogP contribution in [0, 0.1) is 0 Å². The van der Waals surface area contributed by atoms with E-state index in [9.17, 15) is 4.39 Å². The van der Waals surface area contributed by atoms with Gasteiger partial charge in [0.25, 0.3) is 0 Å². The summed E-state index contributed by atoms with van der Waals surface area (Å²) in [7, 11) is 0. The molecule has 1 fully saturated rings. The normalized spacial score (nSPS) is 30.4. The van der Waals surface area contributed by atoms with E-state index in [4.69, 9.17) is 0 Å². The van der Waals surface area contributed by atoms with Crippen LogP contribution >= 0.6 is 0 Å². The third-order valence-electron chi connectivity index (χ3n) is 2.53. The van der Waals surface area contributed by atoms with Crippen molar-refractivity contribution in [2.75, 3.05) is 0 Å². The van der Waals surface area contributed by atoms with Gasteiger partial charge < -0.3 is 0 Å². The number of hydrogen-bond donors (Lipinski definition) is 0. The molecule has 1 heterocycles. The van der Waals surface area contributed by atoms with Gasteiger partial charge in [0.15, 0.2) is 0 Å². The SMILES string of the molecule is FC1CCC(n2cccn2)CC1. The fourth-order valence-electron chi connectivity index (χ4n) is 1.80. The Kier molecular flexibility index (Phi) is 2.11. The predicted molar refractivity (Wildman–Crippen MR) is 44.6 cm³/mol. The van der Waals surface area contributed by atoms with Gasteiger partial charge in [-0.1, -0.05) is 0 Å². The molecule has 1 aromatic rings. The largest absolute Gasteiger partial charge is 0.270 e. The van der Waals surface area contributed by atoms with Crippen molar-refractivity contribution in [3.8, 4) is 0 Å². The highest BCUT2D eigenvalue weighted by Gasteiger charge is 2.21. The Morgan fingerprint density at radius 1 is 1.25 bits per heavy atom. The fourth-order valence-corrected chi connectivity index (χ4v) is 1.80. The molecule has 1 aliphatic rings. The topological polar surface area (TPSA) is 17.8 Å². The Morgan fingerprint density at radius 2 is 2.00 bits per heavy atom. The first-order valence-electron chi connectivity index (χ1n) is 4.49. The summed E-state index contributed by atoms with van der Waals surface area (Å²) in [5.41, 5.74) is 0. The summed E-state index contributed by atoms with van der Waals surface area (Å²) >= 11 is 0. The number of nitrogens with zero attached hydrogens (tertiary/aromatic N) is 2. The lowest BCUT2D eigenvalue weighted by Gasteiger charge is -2.24. The molecule has 12 heavy (non-hydrogen) atoms. The second-order valence-electron chi connectivity index (χ2n) is 3.39. The molecule has 3 heteroatoms. The highest BCUT2D eigenvalue weighted by molar-refractivity contribution is 4.84. The fraction of sp³-hybridized carbons (Fsp3) is 0.667. The number of hydrogen-bond acceptors (Lipinski definition) is 1. The average Bonchev–Trinajstić information content (AvgIpc) is 2.58. The van der Waals surface area contributed by atoms with Crippen LogP contribution < -0.4 is 0 Å². The number of aromatic nitrogens is 2.